The fourth-order valence-electron chi connectivity index (χ4n) is 8.66. The highest BCUT2D eigenvalue weighted by molar-refractivity contribution is 7.91. The number of aromatic hydroxyl groups is 2. The molecule has 1 aromatic heterocycles. The number of nitrogens with one attached hydrogen (secondary N) is 5. The molecule has 3 aliphatic rings. The number of nitrogens with two attached hydrogens (primary N) is 1. The summed E-state index contributed by atoms with van der Waals surface area (Å²) in [5.41, 5.74) is 1.14. The number of carbonyl (C=O) groups excluding carboxylic acids is 5. The molecule has 4 heterocycles. The number of aliphatic carboxylic acids is 1. The molecule has 1 fully saturated rings. The molecule has 0 radical (unpaired) electrons. The van der Waals surface area contributed by atoms with Crippen molar-refractivity contribution in [3.63, 3.8) is 0 Å². The number of halogens is 2. The van der Waals surface area contributed by atoms with Crippen LogP contribution in [0.15, 0.2) is 77.1 Å². The summed E-state index contributed by atoms with van der Waals surface area (Å²) in [5.74, 6) is -4.32. The number of hydrogen-bond donors (Lipinski definition) is 9. The van der Waals surface area contributed by atoms with E-state index in [9.17, 15) is 52.5 Å². The van der Waals surface area contributed by atoms with Gasteiger partial charge in [-0.3, -0.25) is 19.2 Å². The zero-order chi connectivity index (χ0) is 52.4. The van der Waals surface area contributed by atoms with Crippen molar-refractivity contribution in [3.8, 4) is 23.0 Å². The molecule has 4 aromatic carbocycles. The fraction of sp³-hybridized carbons (Fsp3) is 0.283. The van der Waals surface area contributed by atoms with Gasteiger partial charge in [0.15, 0.2) is 10.7 Å². The Labute approximate surface area is 434 Å². The number of phenols is 2. The number of benzene rings is 4. The van der Waals surface area contributed by atoms with Crippen molar-refractivity contribution in [1.82, 2.24) is 31.0 Å². The van der Waals surface area contributed by atoms with Crippen molar-refractivity contribution in [2.24, 2.45) is 5.14 Å². The first-order chi connectivity index (χ1) is 34.7. The smallest absolute Gasteiger partial charge is 0.340 e. The third-order valence-corrected chi connectivity index (χ3v) is 15.0. The Hall–Kier alpha value is -7.16. The first-order valence-electron chi connectivity index (χ1n) is 22.2. The van der Waals surface area contributed by atoms with Gasteiger partial charge in [0.05, 0.1) is 12.0 Å². The van der Waals surface area contributed by atoms with Crippen LogP contribution in [0.5, 0.6) is 23.0 Å². The van der Waals surface area contributed by atoms with E-state index in [1.165, 1.54) is 30.3 Å². The summed E-state index contributed by atoms with van der Waals surface area (Å²) in [6.45, 7) is 0.125. The molecule has 0 unspecified atom stereocenters. The van der Waals surface area contributed by atoms with E-state index in [0.29, 0.717) is 57.1 Å². The van der Waals surface area contributed by atoms with Crippen LogP contribution in [-0.4, -0.2) is 111 Å². The molecule has 382 valence electrons. The van der Waals surface area contributed by atoms with Crippen molar-refractivity contribution >= 4 is 108 Å². The van der Waals surface area contributed by atoms with Crippen LogP contribution in [0.4, 0.5) is 10.8 Å². The molecule has 5 aromatic rings. The Morgan fingerprint density at radius 2 is 1.60 bits per heavy atom. The number of carboxylic acids is 1. The van der Waals surface area contributed by atoms with Crippen LogP contribution >= 0.6 is 46.8 Å². The number of carbonyl (C=O) groups is 6. The van der Waals surface area contributed by atoms with Crippen LogP contribution in [0.25, 0.3) is 0 Å². The minimum atomic E-state index is -4.17. The van der Waals surface area contributed by atoms with Gasteiger partial charge in [-0.2, -0.15) is 0 Å². The van der Waals surface area contributed by atoms with Crippen molar-refractivity contribution in [3.05, 3.63) is 111 Å². The van der Waals surface area contributed by atoms with E-state index in [-0.39, 0.29) is 76.2 Å². The monoisotopic (exact) mass is 1100 g/mol. The van der Waals surface area contributed by atoms with Crippen molar-refractivity contribution in [2.75, 3.05) is 23.7 Å². The molecule has 0 aliphatic carbocycles. The van der Waals surface area contributed by atoms with E-state index >= 15 is 0 Å². The molecular weight excluding hydrogens is 1050 g/mol. The SMILES string of the molecule is NS(=O)(=O)c1nnc(NC(=O)CCC(=O)N2C[C@H](NC(=O)Cc3ccc(Cl)cc3Cl)C[C@@H]2C(=O)N[C@@H](CCCCNC(=S)Nc2ccc3c(c2)C(=O)OC32c3ccc(O)cc3Oc3cc(O)ccc32)C(=O)O)s1. The number of amides is 4. The number of hydrogen-bond acceptors (Lipinski definition) is 16. The van der Waals surface area contributed by atoms with Gasteiger partial charge < -0.3 is 56.3 Å². The number of esters is 1. The number of phenolic OH excluding ortho intramolecular Hbond substituents is 2. The van der Waals surface area contributed by atoms with Gasteiger partial charge in [-0.15, -0.1) is 10.2 Å². The third kappa shape index (κ3) is 11.7. The largest absolute Gasteiger partial charge is 0.508 e. The van der Waals surface area contributed by atoms with E-state index in [2.05, 4.69) is 36.8 Å². The Bertz CT molecular complexity index is 3150. The van der Waals surface area contributed by atoms with E-state index in [0.717, 1.165) is 4.90 Å². The normalized spacial score (nSPS) is 16.5. The lowest BCUT2D eigenvalue weighted by Crippen LogP contribution is -2.51. The summed E-state index contributed by atoms with van der Waals surface area (Å²) >= 11 is 18.3. The van der Waals surface area contributed by atoms with Gasteiger partial charge >= 0.3 is 11.9 Å². The van der Waals surface area contributed by atoms with Crippen LogP contribution < -0.4 is 36.5 Å². The summed E-state index contributed by atoms with van der Waals surface area (Å²) < 4.78 is 34.7. The van der Waals surface area contributed by atoms with E-state index in [1.54, 1.807) is 42.5 Å². The fourth-order valence-corrected chi connectivity index (χ4v) is 10.7. The zero-order valence-corrected chi connectivity index (χ0v) is 41.8. The standard InChI is InChI=1S/C46H43Cl2N9O13S3/c47-23-5-4-22(32(48)16-23)15-38(61)51-25-18-34(57(21-25)39(62)13-12-37(60)54-44-55-56-45(72-44)73(49,67)68)40(63)53-33(41(64)65)3-1-2-14-50-43(71)52-24-6-9-29-28(17-24)42(66)70-46(29)30-10-7-26(58)19-35(30)69-36-20-27(59)8-11-31(36)46/h4-11,16-17,19-20,25,33-34,58-59H,1-3,12-15,18,21H2,(H,51,61)(H,53,63)(H,64,65)(H2,49,67,68)(H2,50,52,71)(H,54,55,60)/t25-,33+,34-/m1/s1. The number of aromatic nitrogens is 2. The lowest BCUT2D eigenvalue weighted by Gasteiger charge is -2.36. The Morgan fingerprint density at radius 1 is 0.904 bits per heavy atom. The molecule has 27 heteroatoms. The number of unbranched alkanes of at least 4 members (excludes halogenated alkanes) is 1. The van der Waals surface area contributed by atoms with Crippen LogP contribution in [0.3, 0.4) is 0 Å². The minimum absolute atomic E-state index is 0.0181. The van der Waals surface area contributed by atoms with Gasteiger partial charge in [-0.25, -0.2) is 23.1 Å². The molecule has 1 saturated heterocycles. The molecule has 8 rings (SSSR count). The maximum Gasteiger partial charge on any atom is 0.340 e. The number of rotatable bonds is 17. The molecule has 3 aliphatic heterocycles. The summed E-state index contributed by atoms with van der Waals surface area (Å²) in [7, 11) is -4.17. The second-order valence-electron chi connectivity index (χ2n) is 17.0. The molecule has 0 bridgehead atoms. The number of nitrogens with zero attached hydrogens (tertiary/aromatic N) is 3. The Morgan fingerprint density at radius 3 is 2.26 bits per heavy atom. The zero-order valence-electron chi connectivity index (χ0n) is 37.8. The lowest BCUT2D eigenvalue weighted by atomic mass is 9.77. The summed E-state index contributed by atoms with van der Waals surface area (Å²) in [6.07, 6.45) is -0.417. The molecule has 22 nitrogen and oxygen atoms in total. The van der Waals surface area contributed by atoms with Crippen LogP contribution in [0.2, 0.25) is 10.0 Å². The number of thiocarbonyl (C=S) groups is 1. The number of sulfonamides is 1. The van der Waals surface area contributed by atoms with Crippen molar-refractivity contribution < 1.29 is 62.0 Å². The van der Waals surface area contributed by atoms with Crippen LogP contribution in [0, 0.1) is 0 Å². The van der Waals surface area contributed by atoms with Gasteiger partial charge in [0.2, 0.25) is 33.1 Å². The molecular formula is C46H43Cl2N9O13S3. The van der Waals surface area contributed by atoms with Crippen LogP contribution in [-0.2, 0) is 50.8 Å². The van der Waals surface area contributed by atoms with Crippen molar-refractivity contribution in [1.29, 1.82) is 0 Å². The number of anilines is 2. The van der Waals surface area contributed by atoms with Gasteiger partial charge in [0.1, 0.15) is 35.1 Å². The maximum absolute atomic E-state index is 13.8. The van der Waals surface area contributed by atoms with E-state index < -0.39 is 86.5 Å². The highest BCUT2D eigenvalue weighted by Crippen LogP contribution is 2.57. The van der Waals surface area contributed by atoms with Gasteiger partial charge in [0.25, 0.3) is 10.0 Å². The number of likely N-dealkylation sites (tertiary alicyclic amines) is 1. The first kappa shape index (κ1) is 52.2. The Kier molecular flexibility index (Phi) is 15.4. The average Bonchev–Trinajstić information content (AvgIpc) is 4.05. The van der Waals surface area contributed by atoms with Gasteiger partial charge in [0, 0.05) is 76.5 Å². The van der Waals surface area contributed by atoms with Gasteiger partial charge in [-0.05, 0) is 92.0 Å². The topological polar surface area (TPSA) is 331 Å². The summed E-state index contributed by atoms with van der Waals surface area (Å²) in [6, 6.07) is 15.1. The summed E-state index contributed by atoms with van der Waals surface area (Å²) in [4.78, 5) is 80.5. The predicted octanol–water partition coefficient (Wildman–Crippen LogP) is 4.24. The molecule has 0 saturated carbocycles. The average molecular weight is 1100 g/mol. The highest BCUT2D eigenvalue weighted by Gasteiger charge is 2.54. The second-order valence-corrected chi connectivity index (χ2v) is 21.0. The molecule has 3 atom stereocenters. The molecule has 10 N–H and O–H groups in total. The molecule has 4 amide bonds. The molecule has 1 spiro atoms. The van der Waals surface area contributed by atoms with E-state index in [4.69, 9.17) is 50.0 Å². The second kappa shape index (κ2) is 21.5. The number of fused-ring (bicyclic) bond motifs is 6. The van der Waals surface area contributed by atoms with Crippen molar-refractivity contribution in [2.45, 2.75) is 73.0 Å². The van der Waals surface area contributed by atoms with Crippen LogP contribution in [0.1, 0.15) is 71.1 Å². The quantitative estimate of drug-likeness (QED) is 0.0272. The number of ether oxygens (including phenoxy) is 2. The third-order valence-electron chi connectivity index (χ3n) is 12.0. The predicted molar refractivity (Wildman–Crippen MR) is 267 cm³/mol. The van der Waals surface area contributed by atoms with Gasteiger partial charge in [-0.1, -0.05) is 46.7 Å². The highest BCUT2D eigenvalue weighted by atomic mass is 35.5. The summed E-state index contributed by atoms with van der Waals surface area (Å²) in [5, 5.41) is 56.9. The number of carboxylic acid groups (broad SMARTS) is 1. The lowest BCUT2D eigenvalue weighted by molar-refractivity contribution is -0.144. The first-order valence-corrected chi connectivity index (χ1v) is 25.7. The molecule has 73 heavy (non-hydrogen) atoms. The minimum Gasteiger partial charge on any atom is -0.508 e. The number of primary sulfonamides is 1. The maximum atomic E-state index is 13.8. The van der Waals surface area contributed by atoms with E-state index in [1.807, 2.05) is 0 Å². The Balaban J connectivity index is 0.858.